The molecule has 0 spiro atoms. The number of rotatable bonds is 2. The van der Waals surface area contributed by atoms with E-state index in [4.69, 9.17) is 4.74 Å². The molecule has 2 nitrogen and oxygen atoms in total. The normalized spacial score (nSPS) is 22.5. The maximum atomic E-state index is 5.57. The molecule has 0 aliphatic carbocycles. The van der Waals surface area contributed by atoms with E-state index in [0.717, 1.165) is 29.5 Å². The van der Waals surface area contributed by atoms with E-state index < -0.39 is 0 Å². The molecule has 2 rings (SSSR count). The van der Waals surface area contributed by atoms with Crippen molar-refractivity contribution in [2.75, 3.05) is 6.61 Å². The third-order valence-corrected chi connectivity index (χ3v) is 4.04. The van der Waals surface area contributed by atoms with Crippen LogP contribution in [-0.4, -0.2) is 11.6 Å². The Bertz CT molecular complexity index is 292. The maximum Gasteiger partial charge on any atom is 0.122 e. The van der Waals surface area contributed by atoms with Gasteiger partial charge in [-0.3, -0.25) is 0 Å². The van der Waals surface area contributed by atoms with Crippen molar-refractivity contribution in [2.45, 2.75) is 31.6 Å². The van der Waals surface area contributed by atoms with Crippen LogP contribution in [0.25, 0.3) is 0 Å². The van der Waals surface area contributed by atoms with Crippen LogP contribution in [0, 0.1) is 6.92 Å². The van der Waals surface area contributed by atoms with E-state index >= 15 is 0 Å². The van der Waals surface area contributed by atoms with Crippen molar-refractivity contribution in [1.82, 2.24) is 4.98 Å². The first-order valence-corrected chi connectivity index (χ1v) is 5.95. The van der Waals surface area contributed by atoms with Crippen molar-refractivity contribution in [1.29, 1.82) is 0 Å². The molecular formula is C9H13NOS2. The highest BCUT2D eigenvalue weighted by Gasteiger charge is 2.21. The summed E-state index contributed by atoms with van der Waals surface area (Å²) < 4.78 is 5.57. The second-order valence-corrected chi connectivity index (χ2v) is 4.65. The van der Waals surface area contributed by atoms with Gasteiger partial charge in [-0.2, -0.15) is 12.6 Å². The number of ether oxygens (including phenoxy) is 1. The highest BCUT2D eigenvalue weighted by atomic mass is 32.1. The lowest BCUT2D eigenvalue weighted by Crippen LogP contribution is -1.94. The molecule has 72 valence electrons. The number of aryl methyl sites for hydroxylation is 1. The van der Waals surface area contributed by atoms with Gasteiger partial charge in [0, 0.05) is 17.2 Å². The Morgan fingerprint density at radius 3 is 3.08 bits per heavy atom. The standard InChI is InChI=1S/C9H13NOS2/c1-6-8(5-12)13-9(10-6)7-3-2-4-11-7/h7,12H,2-5H2,1H3. The molecule has 1 aromatic heterocycles. The van der Waals surface area contributed by atoms with Crippen LogP contribution in [0.5, 0.6) is 0 Å². The van der Waals surface area contributed by atoms with Crippen LogP contribution < -0.4 is 0 Å². The summed E-state index contributed by atoms with van der Waals surface area (Å²) >= 11 is 6.01. The van der Waals surface area contributed by atoms with E-state index in [2.05, 4.69) is 17.6 Å². The van der Waals surface area contributed by atoms with E-state index in [1.54, 1.807) is 11.3 Å². The summed E-state index contributed by atoms with van der Waals surface area (Å²) in [4.78, 5) is 5.78. The van der Waals surface area contributed by atoms with Crippen molar-refractivity contribution in [2.24, 2.45) is 0 Å². The molecule has 0 bridgehead atoms. The fourth-order valence-electron chi connectivity index (χ4n) is 1.51. The largest absolute Gasteiger partial charge is 0.371 e. The van der Waals surface area contributed by atoms with Gasteiger partial charge in [0.1, 0.15) is 11.1 Å². The van der Waals surface area contributed by atoms with Crippen molar-refractivity contribution >= 4 is 24.0 Å². The van der Waals surface area contributed by atoms with Crippen molar-refractivity contribution in [3.05, 3.63) is 15.6 Å². The molecule has 2 heterocycles. The number of hydrogen-bond acceptors (Lipinski definition) is 4. The Balaban J connectivity index is 2.20. The Hall–Kier alpha value is -0.0600. The minimum Gasteiger partial charge on any atom is -0.371 e. The second-order valence-electron chi connectivity index (χ2n) is 3.22. The molecule has 0 radical (unpaired) electrons. The monoisotopic (exact) mass is 215 g/mol. The summed E-state index contributed by atoms with van der Waals surface area (Å²) in [6.07, 6.45) is 2.55. The van der Waals surface area contributed by atoms with Gasteiger partial charge in [0.25, 0.3) is 0 Å². The zero-order valence-corrected chi connectivity index (χ0v) is 9.33. The SMILES string of the molecule is Cc1nc(C2CCCO2)sc1CS. The molecule has 1 fully saturated rings. The van der Waals surface area contributed by atoms with Gasteiger partial charge < -0.3 is 4.74 Å². The number of thiazole rings is 1. The lowest BCUT2D eigenvalue weighted by Gasteiger charge is -2.02. The zero-order chi connectivity index (χ0) is 9.26. The number of aromatic nitrogens is 1. The van der Waals surface area contributed by atoms with Crippen LogP contribution in [0.2, 0.25) is 0 Å². The topological polar surface area (TPSA) is 22.1 Å². The van der Waals surface area contributed by atoms with Crippen molar-refractivity contribution in [3.63, 3.8) is 0 Å². The maximum absolute atomic E-state index is 5.57. The summed E-state index contributed by atoms with van der Waals surface area (Å²) in [5.41, 5.74) is 1.12. The minimum absolute atomic E-state index is 0.261. The van der Waals surface area contributed by atoms with Gasteiger partial charge in [-0.15, -0.1) is 11.3 Å². The van der Waals surface area contributed by atoms with E-state index in [1.807, 2.05) is 6.92 Å². The van der Waals surface area contributed by atoms with Crippen LogP contribution >= 0.6 is 24.0 Å². The summed E-state index contributed by atoms with van der Waals surface area (Å²) in [5, 5.41) is 1.14. The average molecular weight is 215 g/mol. The summed E-state index contributed by atoms with van der Waals surface area (Å²) in [7, 11) is 0. The molecular weight excluding hydrogens is 202 g/mol. The van der Waals surface area contributed by atoms with Gasteiger partial charge in [-0.1, -0.05) is 0 Å². The molecule has 1 saturated heterocycles. The molecule has 0 N–H and O–H groups in total. The first-order chi connectivity index (χ1) is 6.31. The average Bonchev–Trinajstić information content (AvgIpc) is 2.71. The highest BCUT2D eigenvalue weighted by molar-refractivity contribution is 7.79. The molecule has 4 heteroatoms. The predicted octanol–water partition coefficient (Wildman–Crippen LogP) is 2.73. The molecule has 0 aromatic carbocycles. The van der Waals surface area contributed by atoms with Crippen molar-refractivity contribution < 1.29 is 4.74 Å². The Kier molecular flexibility index (Phi) is 2.91. The lowest BCUT2D eigenvalue weighted by molar-refractivity contribution is 0.111. The first-order valence-electron chi connectivity index (χ1n) is 4.50. The smallest absolute Gasteiger partial charge is 0.122 e. The molecule has 13 heavy (non-hydrogen) atoms. The summed E-state index contributed by atoms with van der Waals surface area (Å²) in [6, 6.07) is 0. The van der Waals surface area contributed by atoms with Gasteiger partial charge >= 0.3 is 0 Å². The third kappa shape index (κ3) is 1.90. The number of nitrogens with zero attached hydrogens (tertiary/aromatic N) is 1. The second kappa shape index (κ2) is 3.98. The van der Waals surface area contributed by atoms with E-state index in [0.29, 0.717) is 0 Å². The van der Waals surface area contributed by atoms with Gasteiger partial charge in [0.15, 0.2) is 0 Å². The van der Waals surface area contributed by atoms with Crippen LogP contribution in [-0.2, 0) is 10.5 Å². The fourth-order valence-corrected chi connectivity index (χ4v) is 2.94. The predicted molar refractivity (Wildman–Crippen MR) is 57.5 cm³/mol. The van der Waals surface area contributed by atoms with Crippen LogP contribution in [0.4, 0.5) is 0 Å². The molecule has 1 aliphatic heterocycles. The van der Waals surface area contributed by atoms with Crippen LogP contribution in [0.3, 0.4) is 0 Å². The Morgan fingerprint density at radius 1 is 1.69 bits per heavy atom. The highest BCUT2D eigenvalue weighted by Crippen LogP contribution is 2.33. The van der Waals surface area contributed by atoms with Gasteiger partial charge in [0.05, 0.1) is 5.69 Å². The van der Waals surface area contributed by atoms with Gasteiger partial charge in [0.2, 0.25) is 0 Å². The van der Waals surface area contributed by atoms with Gasteiger partial charge in [-0.25, -0.2) is 4.98 Å². The van der Waals surface area contributed by atoms with Crippen LogP contribution in [0.1, 0.15) is 34.5 Å². The molecule has 0 amide bonds. The Labute approximate surface area is 87.7 Å². The minimum atomic E-state index is 0.261. The third-order valence-electron chi connectivity index (χ3n) is 2.26. The summed E-state index contributed by atoms with van der Waals surface area (Å²) in [6.45, 7) is 2.93. The van der Waals surface area contributed by atoms with Gasteiger partial charge in [-0.05, 0) is 19.8 Å². The quantitative estimate of drug-likeness (QED) is 0.766. The van der Waals surface area contributed by atoms with E-state index in [1.165, 1.54) is 11.3 Å². The number of hydrogen-bond donors (Lipinski definition) is 1. The van der Waals surface area contributed by atoms with E-state index in [9.17, 15) is 0 Å². The van der Waals surface area contributed by atoms with Crippen LogP contribution in [0.15, 0.2) is 0 Å². The first kappa shape index (κ1) is 9.49. The van der Waals surface area contributed by atoms with E-state index in [-0.39, 0.29) is 6.10 Å². The lowest BCUT2D eigenvalue weighted by atomic mass is 10.2. The molecule has 1 aliphatic rings. The molecule has 1 atom stereocenters. The zero-order valence-electron chi connectivity index (χ0n) is 7.62. The molecule has 1 unspecified atom stereocenters. The summed E-state index contributed by atoms with van der Waals surface area (Å²) in [5.74, 6) is 0.788. The van der Waals surface area contributed by atoms with Crippen molar-refractivity contribution in [3.8, 4) is 0 Å². The fraction of sp³-hybridized carbons (Fsp3) is 0.667. The molecule has 1 aromatic rings. The molecule has 0 saturated carbocycles. The Morgan fingerprint density at radius 2 is 2.54 bits per heavy atom. The number of thiol groups is 1.